The largest absolute Gasteiger partial charge is 0.497 e. The van der Waals surface area contributed by atoms with Crippen LogP contribution < -0.4 is 9.47 Å². The van der Waals surface area contributed by atoms with Crippen molar-refractivity contribution >= 4 is 0 Å². The van der Waals surface area contributed by atoms with Crippen LogP contribution in [0.5, 0.6) is 11.5 Å². The van der Waals surface area contributed by atoms with E-state index in [0.717, 1.165) is 22.7 Å². The first-order valence-electron chi connectivity index (χ1n) is 5.90. The number of aryl methyl sites for hydroxylation is 1. The van der Waals surface area contributed by atoms with Gasteiger partial charge in [-0.25, -0.2) is 4.98 Å². The van der Waals surface area contributed by atoms with Crippen LogP contribution >= 0.6 is 0 Å². The van der Waals surface area contributed by atoms with Gasteiger partial charge in [0.05, 0.1) is 19.8 Å². The number of ether oxygens (including phenoxy) is 2. The van der Waals surface area contributed by atoms with Crippen LogP contribution in [0.4, 0.5) is 0 Å². The third-order valence-electron chi connectivity index (χ3n) is 2.62. The van der Waals surface area contributed by atoms with E-state index in [1.54, 1.807) is 14.2 Å². The number of aromatic nitrogens is 1. The lowest BCUT2D eigenvalue weighted by Gasteiger charge is -2.05. The number of pyridine rings is 1. The minimum atomic E-state index is 0.694. The van der Waals surface area contributed by atoms with Gasteiger partial charge in [-0.2, -0.15) is 0 Å². The summed E-state index contributed by atoms with van der Waals surface area (Å²) in [7, 11) is 3.24. The van der Waals surface area contributed by atoms with Crippen molar-refractivity contribution in [3.8, 4) is 23.3 Å². The van der Waals surface area contributed by atoms with Gasteiger partial charge >= 0.3 is 0 Å². The van der Waals surface area contributed by atoms with Crippen LogP contribution in [-0.2, 0) is 0 Å². The second-order valence-electron chi connectivity index (χ2n) is 3.98. The Bertz CT molecular complexity index is 639. The van der Waals surface area contributed by atoms with E-state index in [1.807, 2.05) is 43.3 Å². The normalized spacial score (nSPS) is 9.42. The molecular weight excluding hydrogens is 238 g/mol. The predicted octanol–water partition coefficient (Wildman–Crippen LogP) is 2.81. The highest BCUT2D eigenvalue weighted by molar-refractivity contribution is 5.51. The molecule has 1 heterocycles. The molecule has 0 saturated heterocycles. The summed E-state index contributed by atoms with van der Waals surface area (Å²) in [5.41, 5.74) is 2.51. The van der Waals surface area contributed by atoms with Crippen LogP contribution in [0.2, 0.25) is 0 Å². The minimum absolute atomic E-state index is 0.694. The fraction of sp³-hybridized carbons (Fsp3) is 0.188. The average Bonchev–Trinajstić information content (AvgIpc) is 2.45. The Kier molecular flexibility index (Phi) is 4.04. The molecule has 19 heavy (non-hydrogen) atoms. The van der Waals surface area contributed by atoms with E-state index in [2.05, 4.69) is 16.8 Å². The van der Waals surface area contributed by atoms with Crippen molar-refractivity contribution in [2.24, 2.45) is 0 Å². The fourth-order valence-corrected chi connectivity index (χ4v) is 1.65. The van der Waals surface area contributed by atoms with Crippen LogP contribution in [0.25, 0.3) is 0 Å². The van der Waals surface area contributed by atoms with Crippen LogP contribution in [0.3, 0.4) is 0 Å². The highest BCUT2D eigenvalue weighted by Gasteiger charge is 2.02. The zero-order chi connectivity index (χ0) is 13.7. The molecule has 0 aliphatic rings. The van der Waals surface area contributed by atoms with Crippen LogP contribution in [0.1, 0.15) is 17.0 Å². The summed E-state index contributed by atoms with van der Waals surface area (Å²) in [6.07, 6.45) is 0. The molecule has 0 unspecified atom stereocenters. The molecule has 0 aliphatic carbocycles. The lowest BCUT2D eigenvalue weighted by atomic mass is 10.2. The summed E-state index contributed by atoms with van der Waals surface area (Å²) in [6, 6.07) is 11.3. The number of nitrogens with zero attached hydrogens (tertiary/aromatic N) is 1. The molecule has 0 radical (unpaired) electrons. The Balaban J connectivity index is 2.34. The maximum Gasteiger partial charge on any atom is 0.138 e. The van der Waals surface area contributed by atoms with Crippen molar-refractivity contribution in [3.05, 3.63) is 53.3 Å². The molecule has 0 N–H and O–H groups in total. The van der Waals surface area contributed by atoms with Gasteiger partial charge in [0.2, 0.25) is 0 Å². The third kappa shape index (κ3) is 3.26. The number of rotatable bonds is 2. The van der Waals surface area contributed by atoms with Crippen molar-refractivity contribution in [1.82, 2.24) is 4.98 Å². The SMILES string of the molecule is COc1ccc(C#Cc2cccc(C)n2)c(OC)c1. The maximum atomic E-state index is 5.30. The zero-order valence-corrected chi connectivity index (χ0v) is 11.2. The molecule has 1 aromatic carbocycles. The molecule has 3 heteroatoms. The van der Waals surface area contributed by atoms with E-state index in [0.29, 0.717) is 5.75 Å². The molecule has 0 bridgehead atoms. The van der Waals surface area contributed by atoms with Gasteiger partial charge in [0.25, 0.3) is 0 Å². The first-order chi connectivity index (χ1) is 9.22. The standard InChI is InChI=1S/C16H15NO2/c1-12-5-4-6-14(17-12)9-7-13-8-10-15(18-2)11-16(13)19-3/h4-6,8,10-11H,1-3H3. The molecule has 0 amide bonds. The van der Waals surface area contributed by atoms with E-state index in [4.69, 9.17) is 9.47 Å². The molecule has 0 spiro atoms. The smallest absolute Gasteiger partial charge is 0.138 e. The van der Waals surface area contributed by atoms with Gasteiger partial charge in [0.1, 0.15) is 17.2 Å². The summed E-state index contributed by atoms with van der Waals surface area (Å²) < 4.78 is 10.4. The molecular formula is C16H15NO2. The Morgan fingerprint density at radius 3 is 2.53 bits per heavy atom. The average molecular weight is 253 g/mol. The van der Waals surface area contributed by atoms with Crippen LogP contribution in [0, 0.1) is 18.8 Å². The van der Waals surface area contributed by atoms with Crippen molar-refractivity contribution in [1.29, 1.82) is 0 Å². The zero-order valence-electron chi connectivity index (χ0n) is 11.2. The number of methoxy groups -OCH3 is 2. The minimum Gasteiger partial charge on any atom is -0.497 e. The Hall–Kier alpha value is -2.47. The van der Waals surface area contributed by atoms with E-state index in [1.165, 1.54) is 0 Å². The van der Waals surface area contributed by atoms with E-state index in [-0.39, 0.29) is 0 Å². The highest BCUT2D eigenvalue weighted by atomic mass is 16.5. The van der Waals surface area contributed by atoms with Crippen molar-refractivity contribution in [2.75, 3.05) is 14.2 Å². The molecule has 2 rings (SSSR count). The number of benzene rings is 1. The second kappa shape index (κ2) is 5.92. The number of hydrogen-bond acceptors (Lipinski definition) is 3. The second-order valence-corrected chi connectivity index (χ2v) is 3.98. The molecule has 2 aromatic rings. The van der Waals surface area contributed by atoms with E-state index >= 15 is 0 Å². The molecule has 96 valence electrons. The molecule has 1 aromatic heterocycles. The molecule has 0 saturated carbocycles. The molecule has 0 aliphatic heterocycles. The Labute approximate surface area is 113 Å². The summed E-state index contributed by atoms with van der Waals surface area (Å²) in [5.74, 6) is 7.54. The Morgan fingerprint density at radius 1 is 1.00 bits per heavy atom. The lowest BCUT2D eigenvalue weighted by Crippen LogP contribution is -1.90. The van der Waals surface area contributed by atoms with Crippen molar-refractivity contribution in [2.45, 2.75) is 6.92 Å². The number of hydrogen-bond donors (Lipinski definition) is 0. The quantitative estimate of drug-likeness (QED) is 0.771. The van der Waals surface area contributed by atoms with Crippen molar-refractivity contribution < 1.29 is 9.47 Å². The first-order valence-corrected chi connectivity index (χ1v) is 5.90. The lowest BCUT2D eigenvalue weighted by molar-refractivity contribution is 0.393. The summed E-state index contributed by atoms with van der Waals surface area (Å²) >= 11 is 0. The summed E-state index contributed by atoms with van der Waals surface area (Å²) in [5, 5.41) is 0. The van der Waals surface area contributed by atoms with Gasteiger partial charge in [0.15, 0.2) is 0 Å². The summed E-state index contributed by atoms with van der Waals surface area (Å²) in [4.78, 5) is 4.34. The molecule has 3 nitrogen and oxygen atoms in total. The fourth-order valence-electron chi connectivity index (χ4n) is 1.65. The molecule has 0 fully saturated rings. The third-order valence-corrected chi connectivity index (χ3v) is 2.62. The summed E-state index contributed by atoms with van der Waals surface area (Å²) in [6.45, 7) is 1.94. The van der Waals surface area contributed by atoms with Gasteiger partial charge in [-0.15, -0.1) is 0 Å². The van der Waals surface area contributed by atoms with Gasteiger partial charge in [0, 0.05) is 11.8 Å². The van der Waals surface area contributed by atoms with Gasteiger partial charge in [-0.1, -0.05) is 12.0 Å². The van der Waals surface area contributed by atoms with Gasteiger partial charge in [-0.05, 0) is 37.1 Å². The van der Waals surface area contributed by atoms with E-state index < -0.39 is 0 Å². The monoisotopic (exact) mass is 253 g/mol. The van der Waals surface area contributed by atoms with Crippen LogP contribution in [-0.4, -0.2) is 19.2 Å². The topological polar surface area (TPSA) is 31.4 Å². The van der Waals surface area contributed by atoms with Gasteiger partial charge in [-0.3, -0.25) is 0 Å². The van der Waals surface area contributed by atoms with Crippen LogP contribution in [0.15, 0.2) is 36.4 Å². The predicted molar refractivity (Wildman–Crippen MR) is 74.5 cm³/mol. The highest BCUT2D eigenvalue weighted by Crippen LogP contribution is 2.23. The van der Waals surface area contributed by atoms with E-state index in [9.17, 15) is 0 Å². The van der Waals surface area contributed by atoms with Crippen molar-refractivity contribution in [3.63, 3.8) is 0 Å². The maximum absolute atomic E-state index is 5.30. The Morgan fingerprint density at radius 2 is 1.84 bits per heavy atom. The van der Waals surface area contributed by atoms with Gasteiger partial charge < -0.3 is 9.47 Å². The first kappa shape index (κ1) is 13.0. The molecule has 0 atom stereocenters.